The third kappa shape index (κ3) is 5.65. The summed E-state index contributed by atoms with van der Waals surface area (Å²) in [6, 6.07) is 20.2. The summed E-state index contributed by atoms with van der Waals surface area (Å²) < 4.78 is 0. The van der Waals surface area contributed by atoms with Crippen molar-refractivity contribution in [3.63, 3.8) is 0 Å². The summed E-state index contributed by atoms with van der Waals surface area (Å²) >= 11 is 7.40. The molecular formula is C24H23ClN2O2S. The van der Waals surface area contributed by atoms with Crippen molar-refractivity contribution in [2.75, 3.05) is 10.6 Å². The SMILES string of the molecule is Cc1cccc(C)c1NC(=O)C(C)Sc1cccc(NC(=O)c2cccc(Cl)c2)c1. The molecule has 6 heteroatoms. The third-order valence-electron chi connectivity index (χ3n) is 4.59. The Morgan fingerprint density at radius 3 is 2.27 bits per heavy atom. The Morgan fingerprint density at radius 1 is 0.900 bits per heavy atom. The van der Waals surface area contributed by atoms with Gasteiger partial charge in [-0.2, -0.15) is 0 Å². The number of rotatable bonds is 6. The Bertz CT molecular complexity index is 1060. The fourth-order valence-electron chi connectivity index (χ4n) is 2.97. The lowest BCUT2D eigenvalue weighted by Crippen LogP contribution is -2.23. The van der Waals surface area contributed by atoms with E-state index in [4.69, 9.17) is 11.6 Å². The van der Waals surface area contributed by atoms with Crippen LogP contribution in [0.5, 0.6) is 0 Å². The van der Waals surface area contributed by atoms with Crippen LogP contribution in [0.2, 0.25) is 5.02 Å². The maximum absolute atomic E-state index is 12.7. The number of aryl methyl sites for hydroxylation is 2. The second-order valence-electron chi connectivity index (χ2n) is 7.01. The van der Waals surface area contributed by atoms with E-state index in [9.17, 15) is 9.59 Å². The van der Waals surface area contributed by atoms with Crippen molar-refractivity contribution in [1.29, 1.82) is 0 Å². The summed E-state index contributed by atoms with van der Waals surface area (Å²) in [6.45, 7) is 5.82. The molecule has 2 N–H and O–H groups in total. The minimum atomic E-state index is -0.303. The first-order valence-corrected chi connectivity index (χ1v) is 10.8. The zero-order chi connectivity index (χ0) is 21.7. The summed E-state index contributed by atoms with van der Waals surface area (Å²) in [5, 5.41) is 6.11. The molecule has 0 heterocycles. The monoisotopic (exact) mass is 438 g/mol. The topological polar surface area (TPSA) is 58.2 Å². The molecule has 30 heavy (non-hydrogen) atoms. The van der Waals surface area contributed by atoms with Crippen molar-refractivity contribution in [3.8, 4) is 0 Å². The highest BCUT2D eigenvalue weighted by molar-refractivity contribution is 8.00. The quantitative estimate of drug-likeness (QED) is 0.442. The van der Waals surface area contributed by atoms with Crippen LogP contribution in [0.3, 0.4) is 0 Å². The van der Waals surface area contributed by atoms with Crippen LogP contribution < -0.4 is 10.6 Å². The van der Waals surface area contributed by atoms with E-state index in [1.165, 1.54) is 11.8 Å². The molecule has 0 aliphatic heterocycles. The summed E-state index contributed by atoms with van der Waals surface area (Å²) in [6.07, 6.45) is 0. The number of benzene rings is 3. The molecule has 3 aromatic carbocycles. The van der Waals surface area contributed by atoms with E-state index in [1.807, 2.05) is 63.2 Å². The molecule has 3 aromatic rings. The van der Waals surface area contributed by atoms with Gasteiger partial charge in [0.15, 0.2) is 0 Å². The highest BCUT2D eigenvalue weighted by atomic mass is 35.5. The van der Waals surface area contributed by atoms with Gasteiger partial charge in [0.25, 0.3) is 5.91 Å². The average molecular weight is 439 g/mol. The van der Waals surface area contributed by atoms with Gasteiger partial charge < -0.3 is 10.6 Å². The minimum absolute atomic E-state index is 0.0641. The molecule has 0 spiro atoms. The van der Waals surface area contributed by atoms with Gasteiger partial charge in [0, 0.05) is 26.9 Å². The minimum Gasteiger partial charge on any atom is -0.325 e. The van der Waals surface area contributed by atoms with Crippen molar-refractivity contribution in [2.24, 2.45) is 0 Å². The molecule has 0 aromatic heterocycles. The molecule has 0 saturated heterocycles. The van der Waals surface area contributed by atoms with Crippen LogP contribution in [0, 0.1) is 13.8 Å². The molecule has 4 nitrogen and oxygen atoms in total. The predicted molar refractivity (Wildman–Crippen MR) is 126 cm³/mol. The molecule has 0 aliphatic rings. The Morgan fingerprint density at radius 2 is 1.57 bits per heavy atom. The second kappa shape index (κ2) is 9.83. The van der Waals surface area contributed by atoms with E-state index in [0.717, 1.165) is 21.7 Å². The first kappa shape index (κ1) is 21.9. The number of hydrogen-bond donors (Lipinski definition) is 2. The van der Waals surface area contributed by atoms with E-state index in [-0.39, 0.29) is 17.1 Å². The van der Waals surface area contributed by atoms with E-state index in [0.29, 0.717) is 16.3 Å². The van der Waals surface area contributed by atoms with Crippen molar-refractivity contribution in [2.45, 2.75) is 30.9 Å². The smallest absolute Gasteiger partial charge is 0.255 e. The van der Waals surface area contributed by atoms with Crippen LogP contribution >= 0.6 is 23.4 Å². The van der Waals surface area contributed by atoms with Crippen LogP contribution in [0.4, 0.5) is 11.4 Å². The van der Waals surface area contributed by atoms with E-state index in [2.05, 4.69) is 10.6 Å². The molecule has 0 fully saturated rings. The van der Waals surface area contributed by atoms with Gasteiger partial charge in [0.1, 0.15) is 0 Å². The van der Waals surface area contributed by atoms with Crippen LogP contribution in [0.15, 0.2) is 71.6 Å². The lowest BCUT2D eigenvalue weighted by Gasteiger charge is -2.16. The number of thioether (sulfide) groups is 1. The first-order valence-electron chi connectivity index (χ1n) is 9.54. The number of halogens is 1. The summed E-state index contributed by atoms with van der Waals surface area (Å²) in [5.41, 5.74) is 4.07. The average Bonchev–Trinajstić information content (AvgIpc) is 2.71. The molecule has 154 valence electrons. The van der Waals surface area contributed by atoms with Crippen LogP contribution in [0.25, 0.3) is 0 Å². The molecule has 1 atom stereocenters. The molecule has 2 amide bonds. The number of carbonyl (C=O) groups is 2. The van der Waals surface area contributed by atoms with Crippen molar-refractivity contribution < 1.29 is 9.59 Å². The number of hydrogen-bond acceptors (Lipinski definition) is 3. The summed E-state index contributed by atoms with van der Waals surface area (Å²) in [4.78, 5) is 26.0. The number of amides is 2. The van der Waals surface area contributed by atoms with Gasteiger partial charge in [0.05, 0.1) is 5.25 Å². The summed E-state index contributed by atoms with van der Waals surface area (Å²) in [5.74, 6) is -0.300. The zero-order valence-corrected chi connectivity index (χ0v) is 18.6. The molecule has 0 aliphatic carbocycles. The Hall–Kier alpha value is -2.76. The number of nitrogens with one attached hydrogen (secondary N) is 2. The largest absolute Gasteiger partial charge is 0.325 e. The fourth-order valence-corrected chi connectivity index (χ4v) is 4.09. The fraction of sp³-hybridized carbons (Fsp3) is 0.167. The molecule has 3 rings (SSSR count). The highest BCUT2D eigenvalue weighted by Gasteiger charge is 2.17. The maximum Gasteiger partial charge on any atom is 0.255 e. The van der Waals surface area contributed by atoms with Crippen LogP contribution in [-0.4, -0.2) is 17.1 Å². The van der Waals surface area contributed by atoms with E-state index >= 15 is 0 Å². The van der Waals surface area contributed by atoms with E-state index in [1.54, 1.807) is 24.3 Å². The van der Waals surface area contributed by atoms with Crippen molar-refractivity contribution >= 4 is 46.6 Å². The Balaban J connectivity index is 1.65. The van der Waals surface area contributed by atoms with Gasteiger partial charge >= 0.3 is 0 Å². The van der Waals surface area contributed by atoms with Gasteiger partial charge in [0.2, 0.25) is 5.91 Å². The van der Waals surface area contributed by atoms with Crippen molar-refractivity contribution in [1.82, 2.24) is 0 Å². The Labute approximate surface area is 186 Å². The standard InChI is InChI=1S/C24H23ClN2O2S/c1-15-7-4-8-16(2)22(15)27-23(28)17(3)30-21-12-6-11-20(14-21)26-24(29)18-9-5-10-19(25)13-18/h4-14,17H,1-3H3,(H,26,29)(H,27,28). The third-order valence-corrected chi connectivity index (χ3v) is 5.92. The zero-order valence-electron chi connectivity index (χ0n) is 17.0. The lowest BCUT2D eigenvalue weighted by molar-refractivity contribution is -0.115. The molecule has 0 bridgehead atoms. The lowest BCUT2D eigenvalue weighted by atomic mass is 10.1. The predicted octanol–water partition coefficient (Wildman–Crippen LogP) is 6.33. The molecule has 1 unspecified atom stereocenters. The van der Waals surface area contributed by atoms with Gasteiger partial charge in [-0.15, -0.1) is 11.8 Å². The first-order chi connectivity index (χ1) is 14.3. The van der Waals surface area contributed by atoms with E-state index < -0.39 is 0 Å². The number of para-hydroxylation sites is 1. The normalized spacial score (nSPS) is 11.6. The van der Waals surface area contributed by atoms with Crippen LogP contribution in [-0.2, 0) is 4.79 Å². The highest BCUT2D eigenvalue weighted by Crippen LogP contribution is 2.28. The molecular weight excluding hydrogens is 416 g/mol. The number of carbonyl (C=O) groups excluding carboxylic acids is 2. The van der Waals surface area contributed by atoms with Gasteiger partial charge in [-0.3, -0.25) is 9.59 Å². The number of anilines is 2. The second-order valence-corrected chi connectivity index (χ2v) is 8.86. The van der Waals surface area contributed by atoms with Gasteiger partial charge in [-0.05, 0) is 68.3 Å². The Kier molecular flexibility index (Phi) is 7.19. The van der Waals surface area contributed by atoms with Crippen molar-refractivity contribution in [3.05, 3.63) is 88.4 Å². The van der Waals surface area contributed by atoms with Gasteiger partial charge in [-0.25, -0.2) is 0 Å². The molecule has 0 saturated carbocycles. The maximum atomic E-state index is 12.7. The van der Waals surface area contributed by atoms with Gasteiger partial charge in [-0.1, -0.05) is 41.9 Å². The van der Waals surface area contributed by atoms with Crippen LogP contribution in [0.1, 0.15) is 28.4 Å². The summed E-state index contributed by atoms with van der Waals surface area (Å²) in [7, 11) is 0. The molecule has 0 radical (unpaired) electrons.